The summed E-state index contributed by atoms with van der Waals surface area (Å²) in [7, 11) is 0. The molecule has 0 aromatic carbocycles. The zero-order chi connectivity index (χ0) is 10.7. The molecule has 0 aliphatic heterocycles. The quantitative estimate of drug-likeness (QED) is 0.803. The molecule has 0 spiro atoms. The Labute approximate surface area is 96.1 Å². The van der Waals surface area contributed by atoms with E-state index in [-0.39, 0.29) is 0 Å². The van der Waals surface area contributed by atoms with E-state index in [1.807, 2.05) is 17.5 Å². The lowest BCUT2D eigenvalue weighted by Gasteiger charge is -2.00. The van der Waals surface area contributed by atoms with Crippen molar-refractivity contribution in [3.63, 3.8) is 0 Å². The predicted molar refractivity (Wildman–Crippen MR) is 65.1 cm³/mol. The molecule has 1 heterocycles. The molecule has 2 nitrogen and oxygen atoms in total. The molecule has 1 aliphatic rings. The lowest BCUT2D eigenvalue weighted by atomic mass is 10.1. The van der Waals surface area contributed by atoms with Crippen LogP contribution in [-0.4, -0.2) is 11.0 Å². The van der Waals surface area contributed by atoms with Crippen LogP contribution in [0.3, 0.4) is 0 Å². The fourth-order valence-corrected chi connectivity index (χ4v) is 2.38. The van der Waals surface area contributed by atoms with Crippen molar-refractivity contribution in [2.75, 3.05) is 0 Å². The fraction of sp³-hybridized carbons (Fsp3) is 0.750. The summed E-state index contributed by atoms with van der Waals surface area (Å²) in [5.74, 6) is 0.780. The van der Waals surface area contributed by atoms with Gasteiger partial charge in [0.25, 0.3) is 0 Å². The average molecular weight is 224 g/mol. The van der Waals surface area contributed by atoms with E-state index in [1.165, 1.54) is 29.1 Å². The van der Waals surface area contributed by atoms with E-state index in [0.717, 1.165) is 24.9 Å². The standard InChI is InChI=1S/C12H20N2S/c1-9(2)3-6-12-14-8-11(15-12)7-13-10-4-5-10/h8-10,13H,3-7H2,1-2H3. The van der Waals surface area contributed by atoms with Crippen LogP contribution in [-0.2, 0) is 13.0 Å². The molecule has 1 aliphatic carbocycles. The molecule has 15 heavy (non-hydrogen) atoms. The van der Waals surface area contributed by atoms with Gasteiger partial charge in [-0.3, -0.25) is 0 Å². The van der Waals surface area contributed by atoms with Crippen LogP contribution in [0.15, 0.2) is 6.20 Å². The van der Waals surface area contributed by atoms with Crippen molar-refractivity contribution in [3.05, 3.63) is 16.1 Å². The van der Waals surface area contributed by atoms with Crippen LogP contribution in [0.5, 0.6) is 0 Å². The van der Waals surface area contributed by atoms with Crippen molar-refractivity contribution in [1.29, 1.82) is 0 Å². The molecule has 0 atom stereocenters. The summed E-state index contributed by atoms with van der Waals surface area (Å²) in [6, 6.07) is 0.797. The Bertz CT molecular complexity index is 282. The van der Waals surface area contributed by atoms with Crippen molar-refractivity contribution in [1.82, 2.24) is 10.3 Å². The van der Waals surface area contributed by atoms with E-state index in [2.05, 4.69) is 24.1 Å². The number of aryl methyl sites for hydroxylation is 1. The van der Waals surface area contributed by atoms with Crippen molar-refractivity contribution in [2.45, 2.75) is 52.1 Å². The molecule has 0 amide bonds. The van der Waals surface area contributed by atoms with Gasteiger partial charge in [-0.25, -0.2) is 4.98 Å². The molecular formula is C12H20N2S. The number of nitrogens with one attached hydrogen (secondary N) is 1. The van der Waals surface area contributed by atoms with Crippen LogP contribution in [0.1, 0.15) is 43.0 Å². The first kappa shape index (κ1) is 11.1. The van der Waals surface area contributed by atoms with Gasteiger partial charge in [-0.1, -0.05) is 13.8 Å². The summed E-state index contributed by atoms with van der Waals surface area (Å²) in [6.07, 6.45) is 7.16. The third-order valence-electron chi connectivity index (χ3n) is 2.68. The molecule has 2 rings (SSSR count). The van der Waals surface area contributed by atoms with E-state index < -0.39 is 0 Å². The van der Waals surface area contributed by atoms with Crippen LogP contribution < -0.4 is 5.32 Å². The predicted octanol–water partition coefficient (Wildman–Crippen LogP) is 2.98. The lowest BCUT2D eigenvalue weighted by molar-refractivity contribution is 0.585. The summed E-state index contributed by atoms with van der Waals surface area (Å²) >= 11 is 1.87. The summed E-state index contributed by atoms with van der Waals surface area (Å²) in [4.78, 5) is 5.85. The zero-order valence-corrected chi connectivity index (χ0v) is 10.4. The monoisotopic (exact) mass is 224 g/mol. The number of hydrogen-bond donors (Lipinski definition) is 1. The fourth-order valence-electron chi connectivity index (χ4n) is 1.49. The molecule has 1 N–H and O–H groups in total. The van der Waals surface area contributed by atoms with Gasteiger partial charge >= 0.3 is 0 Å². The number of hydrogen-bond acceptors (Lipinski definition) is 3. The van der Waals surface area contributed by atoms with E-state index >= 15 is 0 Å². The van der Waals surface area contributed by atoms with Crippen molar-refractivity contribution in [3.8, 4) is 0 Å². The summed E-state index contributed by atoms with van der Waals surface area (Å²) < 4.78 is 0. The third kappa shape index (κ3) is 3.92. The molecule has 0 saturated heterocycles. The normalized spacial score (nSPS) is 16.2. The van der Waals surface area contributed by atoms with Crippen molar-refractivity contribution in [2.24, 2.45) is 5.92 Å². The highest BCUT2D eigenvalue weighted by Gasteiger charge is 2.20. The largest absolute Gasteiger partial charge is 0.309 e. The number of aromatic nitrogens is 1. The van der Waals surface area contributed by atoms with Gasteiger partial charge in [-0.05, 0) is 31.6 Å². The van der Waals surface area contributed by atoms with Gasteiger partial charge in [0.15, 0.2) is 0 Å². The Morgan fingerprint density at radius 3 is 3.00 bits per heavy atom. The van der Waals surface area contributed by atoms with Crippen molar-refractivity contribution < 1.29 is 0 Å². The topological polar surface area (TPSA) is 24.9 Å². The second kappa shape index (κ2) is 5.08. The molecular weight excluding hydrogens is 204 g/mol. The minimum absolute atomic E-state index is 0.780. The summed E-state index contributed by atoms with van der Waals surface area (Å²) in [5.41, 5.74) is 0. The first-order valence-corrected chi connectivity index (χ1v) is 6.72. The van der Waals surface area contributed by atoms with Gasteiger partial charge in [0.05, 0.1) is 5.01 Å². The van der Waals surface area contributed by atoms with Gasteiger partial charge in [0, 0.05) is 23.7 Å². The SMILES string of the molecule is CC(C)CCc1ncc(CNC2CC2)s1. The first-order chi connectivity index (χ1) is 7.24. The van der Waals surface area contributed by atoms with E-state index in [1.54, 1.807) is 0 Å². The van der Waals surface area contributed by atoms with Gasteiger partial charge in [-0.15, -0.1) is 11.3 Å². The van der Waals surface area contributed by atoms with Crippen LogP contribution in [0.4, 0.5) is 0 Å². The molecule has 84 valence electrons. The molecule has 1 fully saturated rings. The lowest BCUT2D eigenvalue weighted by Crippen LogP contribution is -2.14. The Morgan fingerprint density at radius 2 is 2.33 bits per heavy atom. The highest BCUT2D eigenvalue weighted by Crippen LogP contribution is 2.21. The van der Waals surface area contributed by atoms with E-state index in [4.69, 9.17) is 0 Å². The maximum atomic E-state index is 4.47. The molecule has 1 aromatic heterocycles. The molecule has 1 saturated carbocycles. The highest BCUT2D eigenvalue weighted by atomic mass is 32.1. The zero-order valence-electron chi connectivity index (χ0n) is 9.62. The molecule has 3 heteroatoms. The highest BCUT2D eigenvalue weighted by molar-refractivity contribution is 7.11. The smallest absolute Gasteiger partial charge is 0.0928 e. The molecule has 0 radical (unpaired) electrons. The Kier molecular flexibility index (Phi) is 3.76. The second-order valence-electron chi connectivity index (χ2n) is 4.81. The van der Waals surface area contributed by atoms with Crippen LogP contribution in [0.2, 0.25) is 0 Å². The second-order valence-corrected chi connectivity index (χ2v) is 6.01. The minimum Gasteiger partial charge on any atom is -0.309 e. The van der Waals surface area contributed by atoms with Crippen LogP contribution in [0.25, 0.3) is 0 Å². The Balaban J connectivity index is 1.75. The number of thiazole rings is 1. The summed E-state index contributed by atoms with van der Waals surface area (Å²) in [6.45, 7) is 5.55. The third-order valence-corrected chi connectivity index (χ3v) is 3.74. The van der Waals surface area contributed by atoms with Crippen LogP contribution in [0, 0.1) is 5.92 Å². The van der Waals surface area contributed by atoms with Gasteiger partial charge < -0.3 is 5.32 Å². The number of nitrogens with zero attached hydrogens (tertiary/aromatic N) is 1. The Morgan fingerprint density at radius 1 is 1.53 bits per heavy atom. The maximum absolute atomic E-state index is 4.47. The molecule has 0 unspecified atom stereocenters. The maximum Gasteiger partial charge on any atom is 0.0928 e. The van der Waals surface area contributed by atoms with E-state index in [0.29, 0.717) is 0 Å². The number of rotatable bonds is 6. The van der Waals surface area contributed by atoms with Crippen molar-refractivity contribution >= 4 is 11.3 Å². The molecule has 1 aromatic rings. The van der Waals surface area contributed by atoms with E-state index in [9.17, 15) is 0 Å². The minimum atomic E-state index is 0.780. The Hall–Kier alpha value is -0.410. The van der Waals surface area contributed by atoms with Gasteiger partial charge in [0.1, 0.15) is 0 Å². The molecule has 0 bridgehead atoms. The summed E-state index contributed by atoms with van der Waals surface area (Å²) in [5, 5.41) is 4.82. The average Bonchev–Trinajstić information content (AvgIpc) is 2.92. The van der Waals surface area contributed by atoms with Gasteiger partial charge in [0.2, 0.25) is 0 Å². The first-order valence-electron chi connectivity index (χ1n) is 5.91. The van der Waals surface area contributed by atoms with Gasteiger partial charge in [-0.2, -0.15) is 0 Å². The van der Waals surface area contributed by atoms with Crippen LogP contribution >= 0.6 is 11.3 Å².